The van der Waals surface area contributed by atoms with Gasteiger partial charge in [0.25, 0.3) is 0 Å². The highest BCUT2D eigenvalue weighted by atomic mass is 16.5. The fourth-order valence-corrected chi connectivity index (χ4v) is 1.64. The van der Waals surface area contributed by atoms with E-state index in [1.165, 1.54) is 4.68 Å². The molecule has 2 N–H and O–H groups in total. The van der Waals surface area contributed by atoms with Crippen molar-refractivity contribution >= 4 is 0 Å². The zero-order valence-electron chi connectivity index (χ0n) is 12.5. The summed E-state index contributed by atoms with van der Waals surface area (Å²) in [4.78, 5) is 0. The van der Waals surface area contributed by atoms with Gasteiger partial charge in [-0.2, -0.15) is 0 Å². The van der Waals surface area contributed by atoms with Crippen molar-refractivity contribution in [3.8, 4) is 0 Å². The largest absolute Gasteiger partial charge is 0.382 e. The van der Waals surface area contributed by atoms with E-state index in [1.807, 2.05) is 13.8 Å². The van der Waals surface area contributed by atoms with Crippen LogP contribution in [0.5, 0.6) is 0 Å². The van der Waals surface area contributed by atoms with Crippen LogP contribution in [0.2, 0.25) is 0 Å². The predicted molar refractivity (Wildman–Crippen MR) is 72.7 cm³/mol. The van der Waals surface area contributed by atoms with E-state index < -0.39 is 0 Å². The normalized spacial score (nSPS) is 14.4. The summed E-state index contributed by atoms with van der Waals surface area (Å²) < 4.78 is 22.4. The molecule has 0 aliphatic carbocycles. The summed E-state index contributed by atoms with van der Waals surface area (Å²) in [7, 11) is 3.24. The van der Waals surface area contributed by atoms with Crippen molar-refractivity contribution in [3.63, 3.8) is 0 Å². The first kappa shape index (κ1) is 16.8. The average molecular weight is 288 g/mol. The van der Waals surface area contributed by atoms with Crippen molar-refractivity contribution in [2.45, 2.75) is 26.1 Å². The highest BCUT2D eigenvalue weighted by Crippen LogP contribution is 2.18. The summed E-state index contributed by atoms with van der Waals surface area (Å²) in [6.45, 7) is 5.71. The first-order valence-corrected chi connectivity index (χ1v) is 6.53. The van der Waals surface area contributed by atoms with Crippen molar-refractivity contribution in [2.75, 3.05) is 46.5 Å². The molecule has 0 fully saturated rings. The van der Waals surface area contributed by atoms with E-state index in [4.69, 9.17) is 24.8 Å². The quantitative estimate of drug-likeness (QED) is 0.493. The minimum atomic E-state index is -0.262. The van der Waals surface area contributed by atoms with Gasteiger partial charge in [0, 0.05) is 14.2 Å². The Morgan fingerprint density at radius 3 is 1.65 bits per heavy atom. The first-order valence-electron chi connectivity index (χ1n) is 6.53. The van der Waals surface area contributed by atoms with Crippen LogP contribution in [-0.4, -0.2) is 55.5 Å². The van der Waals surface area contributed by atoms with E-state index in [9.17, 15) is 0 Å². The van der Waals surface area contributed by atoms with Gasteiger partial charge in [-0.1, -0.05) is 0 Å². The second kappa shape index (κ2) is 8.85. The third kappa shape index (κ3) is 4.71. The minimum Gasteiger partial charge on any atom is -0.382 e. The zero-order chi connectivity index (χ0) is 15.0. The standard InChI is InChI=1S/C12H24N4O4/c1-9(19-7-5-17-3)11-14-15-12(16(11)13)10(2)20-8-6-18-4/h9-10H,5-8,13H2,1-4H3/t9-,10-/m1/s1. The van der Waals surface area contributed by atoms with Crippen LogP contribution in [0, 0.1) is 0 Å². The van der Waals surface area contributed by atoms with Gasteiger partial charge < -0.3 is 24.8 Å². The average Bonchev–Trinajstić information content (AvgIpc) is 2.81. The van der Waals surface area contributed by atoms with Crippen molar-refractivity contribution in [1.82, 2.24) is 14.9 Å². The van der Waals surface area contributed by atoms with Crippen LogP contribution in [0.3, 0.4) is 0 Å². The fraction of sp³-hybridized carbons (Fsp3) is 0.833. The summed E-state index contributed by atoms with van der Waals surface area (Å²) in [6.07, 6.45) is -0.523. The molecule has 1 aromatic rings. The van der Waals surface area contributed by atoms with Gasteiger partial charge in [0.2, 0.25) is 0 Å². The smallest absolute Gasteiger partial charge is 0.180 e. The number of hydrogen-bond acceptors (Lipinski definition) is 7. The molecule has 0 unspecified atom stereocenters. The number of aromatic nitrogens is 3. The van der Waals surface area contributed by atoms with Crippen LogP contribution >= 0.6 is 0 Å². The second-order valence-corrected chi connectivity index (χ2v) is 4.30. The number of nitrogen functional groups attached to an aromatic ring is 1. The van der Waals surface area contributed by atoms with Crippen LogP contribution in [0.1, 0.15) is 37.7 Å². The van der Waals surface area contributed by atoms with Crippen LogP contribution in [0.25, 0.3) is 0 Å². The number of ether oxygens (including phenoxy) is 4. The molecule has 0 saturated carbocycles. The molecule has 1 rings (SSSR count). The van der Waals surface area contributed by atoms with Crippen molar-refractivity contribution in [3.05, 3.63) is 11.6 Å². The molecule has 2 atom stereocenters. The second-order valence-electron chi connectivity index (χ2n) is 4.30. The maximum Gasteiger partial charge on any atom is 0.180 e. The summed E-state index contributed by atoms with van der Waals surface area (Å²) in [5.74, 6) is 7.09. The van der Waals surface area contributed by atoms with Crippen LogP contribution in [-0.2, 0) is 18.9 Å². The van der Waals surface area contributed by atoms with Crippen LogP contribution in [0.4, 0.5) is 0 Å². The van der Waals surface area contributed by atoms with Gasteiger partial charge in [-0.05, 0) is 13.8 Å². The highest BCUT2D eigenvalue weighted by molar-refractivity contribution is 5.01. The topological polar surface area (TPSA) is 93.6 Å². The number of methoxy groups -OCH3 is 2. The molecule has 0 amide bonds. The Labute approximate surface area is 119 Å². The van der Waals surface area contributed by atoms with E-state index in [0.717, 1.165) is 0 Å². The van der Waals surface area contributed by atoms with Gasteiger partial charge in [0.1, 0.15) is 12.2 Å². The lowest BCUT2D eigenvalue weighted by atomic mass is 10.3. The molecular formula is C12H24N4O4. The van der Waals surface area contributed by atoms with Crippen LogP contribution < -0.4 is 5.84 Å². The Bertz CT molecular complexity index is 352. The van der Waals surface area contributed by atoms with E-state index in [1.54, 1.807) is 14.2 Å². The summed E-state index contributed by atoms with van der Waals surface area (Å²) >= 11 is 0. The maximum atomic E-state index is 5.98. The van der Waals surface area contributed by atoms with Gasteiger partial charge >= 0.3 is 0 Å². The Hall–Kier alpha value is -1.22. The van der Waals surface area contributed by atoms with Gasteiger partial charge in [-0.3, -0.25) is 0 Å². The van der Waals surface area contributed by atoms with Gasteiger partial charge in [-0.15, -0.1) is 10.2 Å². The van der Waals surface area contributed by atoms with E-state index in [2.05, 4.69) is 10.2 Å². The van der Waals surface area contributed by atoms with Crippen molar-refractivity contribution < 1.29 is 18.9 Å². The summed E-state index contributed by atoms with van der Waals surface area (Å²) in [5.41, 5.74) is 0. The monoisotopic (exact) mass is 288 g/mol. The Kier molecular flexibility index (Phi) is 7.45. The summed E-state index contributed by atoms with van der Waals surface area (Å²) in [5, 5.41) is 8.11. The molecule has 0 spiro atoms. The molecular weight excluding hydrogens is 264 g/mol. The van der Waals surface area contributed by atoms with Crippen molar-refractivity contribution in [2.24, 2.45) is 0 Å². The number of rotatable bonds is 10. The first-order chi connectivity index (χ1) is 9.61. The zero-order valence-corrected chi connectivity index (χ0v) is 12.5. The molecule has 20 heavy (non-hydrogen) atoms. The van der Waals surface area contributed by atoms with E-state index >= 15 is 0 Å². The lowest BCUT2D eigenvalue weighted by Crippen LogP contribution is -2.22. The Morgan fingerprint density at radius 1 is 0.900 bits per heavy atom. The lowest BCUT2D eigenvalue weighted by molar-refractivity contribution is 0.0161. The molecule has 0 saturated heterocycles. The molecule has 116 valence electrons. The van der Waals surface area contributed by atoms with Gasteiger partial charge in [0.15, 0.2) is 11.6 Å². The molecule has 0 aliphatic heterocycles. The number of nitrogens with zero attached hydrogens (tertiary/aromatic N) is 3. The van der Waals surface area contributed by atoms with Crippen LogP contribution in [0.15, 0.2) is 0 Å². The minimum absolute atomic E-state index is 0.262. The lowest BCUT2D eigenvalue weighted by Gasteiger charge is -2.14. The number of nitrogens with two attached hydrogens (primary N) is 1. The van der Waals surface area contributed by atoms with E-state index in [0.29, 0.717) is 38.1 Å². The predicted octanol–water partition coefficient (Wildman–Crippen LogP) is 0.440. The molecule has 0 aromatic carbocycles. The molecule has 8 nitrogen and oxygen atoms in total. The molecule has 1 aromatic heterocycles. The van der Waals surface area contributed by atoms with Gasteiger partial charge in [0.05, 0.1) is 26.4 Å². The third-order valence-electron chi connectivity index (χ3n) is 2.79. The number of hydrogen-bond donors (Lipinski definition) is 1. The molecule has 0 bridgehead atoms. The maximum absolute atomic E-state index is 5.98. The SMILES string of the molecule is COCCO[C@H](C)c1nnc([C@@H](C)OCCOC)n1N. The van der Waals surface area contributed by atoms with E-state index in [-0.39, 0.29) is 12.2 Å². The molecule has 0 radical (unpaired) electrons. The fourth-order valence-electron chi connectivity index (χ4n) is 1.64. The third-order valence-corrected chi connectivity index (χ3v) is 2.79. The van der Waals surface area contributed by atoms with Gasteiger partial charge in [-0.25, -0.2) is 4.68 Å². The Morgan fingerprint density at radius 2 is 1.30 bits per heavy atom. The Balaban J connectivity index is 2.58. The molecule has 1 heterocycles. The highest BCUT2D eigenvalue weighted by Gasteiger charge is 2.20. The molecule has 8 heteroatoms. The van der Waals surface area contributed by atoms with Crippen molar-refractivity contribution in [1.29, 1.82) is 0 Å². The summed E-state index contributed by atoms with van der Waals surface area (Å²) in [6, 6.07) is 0. The molecule has 0 aliphatic rings.